The van der Waals surface area contributed by atoms with Gasteiger partial charge >= 0.3 is 12.1 Å². The van der Waals surface area contributed by atoms with Crippen LogP contribution in [0.2, 0.25) is 0 Å². The van der Waals surface area contributed by atoms with Crippen LogP contribution in [-0.2, 0) is 17.4 Å². The van der Waals surface area contributed by atoms with Crippen molar-refractivity contribution in [2.24, 2.45) is 0 Å². The second kappa shape index (κ2) is 11.6. The molecular weight excluding hydrogens is 477 g/mol. The predicted molar refractivity (Wildman–Crippen MR) is 126 cm³/mol. The molecule has 3 aromatic rings. The Morgan fingerprint density at radius 3 is 2.22 bits per heavy atom. The smallest absolute Gasteiger partial charge is 0.416 e. The van der Waals surface area contributed by atoms with Gasteiger partial charge in [-0.1, -0.05) is 19.9 Å². The number of hydrogen-bond donors (Lipinski definition) is 2. The molecule has 0 spiro atoms. The van der Waals surface area contributed by atoms with E-state index in [4.69, 9.17) is 9.47 Å². The highest BCUT2D eigenvalue weighted by atomic mass is 19.4. The van der Waals surface area contributed by atoms with Crippen LogP contribution in [0.1, 0.15) is 48.2 Å². The summed E-state index contributed by atoms with van der Waals surface area (Å²) in [6.45, 7) is 4.12. The monoisotopic (exact) mass is 502 g/mol. The number of benzene rings is 2. The molecule has 190 valence electrons. The van der Waals surface area contributed by atoms with Crippen LogP contribution >= 0.6 is 0 Å². The van der Waals surface area contributed by atoms with Crippen molar-refractivity contribution in [3.8, 4) is 17.4 Å². The summed E-state index contributed by atoms with van der Waals surface area (Å²) in [6.07, 6.45) is -1.56. The maximum Gasteiger partial charge on any atom is 0.416 e. The molecule has 2 N–H and O–H groups in total. The standard InChI is InChI=1S/C26H25F3N2O5/c1-3-18(4-2)35-19-7-9-20(10-8-19)36-24-12-5-16(15-30-24)13-23(32)31-22-14-17(26(27,28)29)6-11-21(22)25(33)34/h5-12,14-15,18H,3-4,13H2,1-2H3,(H,31,32)(H,33,34). The average Bonchev–Trinajstić information content (AvgIpc) is 2.84. The molecule has 0 aliphatic carbocycles. The van der Waals surface area contributed by atoms with Crippen LogP contribution in [0.3, 0.4) is 0 Å². The Hall–Kier alpha value is -4.08. The van der Waals surface area contributed by atoms with Gasteiger partial charge in [-0.25, -0.2) is 9.78 Å². The molecule has 0 saturated heterocycles. The minimum absolute atomic E-state index is 0.146. The first-order chi connectivity index (χ1) is 17.1. The van der Waals surface area contributed by atoms with Gasteiger partial charge in [-0.2, -0.15) is 13.2 Å². The molecule has 0 bridgehead atoms. The number of nitrogens with zero attached hydrogens (tertiary/aromatic N) is 1. The number of aromatic carboxylic acids is 1. The lowest BCUT2D eigenvalue weighted by atomic mass is 10.1. The Labute approximate surface area is 205 Å². The number of nitrogens with one attached hydrogen (secondary N) is 1. The lowest BCUT2D eigenvalue weighted by Crippen LogP contribution is -2.18. The molecule has 1 heterocycles. The number of anilines is 1. The normalized spacial score (nSPS) is 11.3. The number of carbonyl (C=O) groups excluding carboxylic acids is 1. The van der Waals surface area contributed by atoms with E-state index >= 15 is 0 Å². The molecule has 2 aromatic carbocycles. The van der Waals surface area contributed by atoms with Crippen molar-refractivity contribution in [3.63, 3.8) is 0 Å². The van der Waals surface area contributed by atoms with Crippen LogP contribution in [-0.4, -0.2) is 28.1 Å². The molecule has 3 rings (SSSR count). The van der Waals surface area contributed by atoms with Crippen molar-refractivity contribution >= 4 is 17.6 Å². The second-order valence-corrected chi connectivity index (χ2v) is 7.92. The van der Waals surface area contributed by atoms with Gasteiger partial charge in [0.25, 0.3) is 0 Å². The summed E-state index contributed by atoms with van der Waals surface area (Å²) in [6, 6.07) is 12.3. The third kappa shape index (κ3) is 7.21. The van der Waals surface area contributed by atoms with Crippen LogP contribution in [0.15, 0.2) is 60.8 Å². The maximum atomic E-state index is 13.0. The molecule has 1 amide bonds. The number of amides is 1. The molecule has 1 aromatic heterocycles. The first kappa shape index (κ1) is 26.5. The summed E-state index contributed by atoms with van der Waals surface area (Å²) in [4.78, 5) is 27.9. The molecule has 0 aliphatic rings. The lowest BCUT2D eigenvalue weighted by molar-refractivity contribution is -0.137. The van der Waals surface area contributed by atoms with Crippen molar-refractivity contribution in [1.82, 2.24) is 4.98 Å². The Balaban J connectivity index is 1.62. The molecule has 0 atom stereocenters. The maximum absolute atomic E-state index is 13.0. The topological polar surface area (TPSA) is 97.8 Å². The van der Waals surface area contributed by atoms with E-state index in [1.54, 1.807) is 36.4 Å². The van der Waals surface area contributed by atoms with Crippen LogP contribution in [0, 0.1) is 0 Å². The molecule has 0 fully saturated rings. The number of carbonyl (C=O) groups is 2. The van der Waals surface area contributed by atoms with Gasteiger partial charge in [-0.15, -0.1) is 0 Å². The summed E-state index contributed by atoms with van der Waals surface area (Å²) >= 11 is 0. The van der Waals surface area contributed by atoms with Crippen molar-refractivity contribution in [1.29, 1.82) is 0 Å². The molecular formula is C26H25F3N2O5. The number of aromatic nitrogens is 1. The fourth-order valence-corrected chi connectivity index (χ4v) is 3.32. The molecule has 0 aliphatic heterocycles. The van der Waals surface area contributed by atoms with Crippen molar-refractivity contribution in [2.75, 3.05) is 5.32 Å². The molecule has 0 unspecified atom stereocenters. The number of ether oxygens (including phenoxy) is 2. The van der Waals surface area contributed by atoms with Gasteiger partial charge in [0.2, 0.25) is 11.8 Å². The number of hydrogen-bond acceptors (Lipinski definition) is 5. The number of rotatable bonds is 10. The van der Waals surface area contributed by atoms with E-state index in [0.717, 1.165) is 24.7 Å². The summed E-state index contributed by atoms with van der Waals surface area (Å²) in [5.74, 6) is -0.607. The molecule has 7 nitrogen and oxygen atoms in total. The molecule has 0 saturated carbocycles. The van der Waals surface area contributed by atoms with E-state index in [1.807, 2.05) is 0 Å². The first-order valence-electron chi connectivity index (χ1n) is 11.2. The van der Waals surface area contributed by atoms with Gasteiger partial charge in [0.1, 0.15) is 11.5 Å². The van der Waals surface area contributed by atoms with E-state index < -0.39 is 34.9 Å². The predicted octanol–water partition coefficient (Wildman–Crippen LogP) is 6.34. The summed E-state index contributed by atoms with van der Waals surface area (Å²) in [5.41, 5.74) is -1.50. The average molecular weight is 502 g/mol. The van der Waals surface area contributed by atoms with Gasteiger partial charge in [0.05, 0.1) is 29.3 Å². The van der Waals surface area contributed by atoms with Gasteiger partial charge in [0, 0.05) is 12.3 Å². The minimum atomic E-state index is -4.68. The highest BCUT2D eigenvalue weighted by Gasteiger charge is 2.31. The zero-order valence-electron chi connectivity index (χ0n) is 19.6. The van der Waals surface area contributed by atoms with E-state index in [2.05, 4.69) is 24.1 Å². The highest BCUT2D eigenvalue weighted by molar-refractivity contribution is 6.01. The largest absolute Gasteiger partial charge is 0.490 e. The van der Waals surface area contributed by atoms with Crippen molar-refractivity contribution < 1.29 is 37.3 Å². The number of carboxylic acids is 1. The third-order valence-corrected chi connectivity index (χ3v) is 5.27. The third-order valence-electron chi connectivity index (χ3n) is 5.27. The Morgan fingerprint density at radius 1 is 1.00 bits per heavy atom. The first-order valence-corrected chi connectivity index (χ1v) is 11.2. The van der Waals surface area contributed by atoms with E-state index in [1.165, 1.54) is 6.20 Å². The zero-order chi connectivity index (χ0) is 26.3. The van der Waals surface area contributed by atoms with Crippen LogP contribution < -0.4 is 14.8 Å². The molecule has 36 heavy (non-hydrogen) atoms. The molecule has 0 radical (unpaired) electrons. The minimum Gasteiger partial charge on any atom is -0.490 e. The zero-order valence-corrected chi connectivity index (χ0v) is 19.6. The number of carboxylic acid groups (broad SMARTS) is 1. The number of alkyl halides is 3. The fourth-order valence-electron chi connectivity index (χ4n) is 3.32. The van der Waals surface area contributed by atoms with Crippen LogP contribution in [0.5, 0.6) is 17.4 Å². The quantitative estimate of drug-likeness (QED) is 0.336. The van der Waals surface area contributed by atoms with Gasteiger partial charge in [-0.3, -0.25) is 4.79 Å². The van der Waals surface area contributed by atoms with Crippen LogP contribution in [0.4, 0.5) is 18.9 Å². The Bertz CT molecular complexity index is 1190. The second-order valence-electron chi connectivity index (χ2n) is 7.92. The van der Waals surface area contributed by atoms with Gasteiger partial charge in [-0.05, 0) is 60.9 Å². The lowest BCUT2D eigenvalue weighted by Gasteiger charge is -2.15. The van der Waals surface area contributed by atoms with E-state index in [0.29, 0.717) is 23.4 Å². The summed E-state index contributed by atoms with van der Waals surface area (Å²) < 4.78 is 50.5. The highest BCUT2D eigenvalue weighted by Crippen LogP contribution is 2.32. The Kier molecular flexibility index (Phi) is 8.52. The molecule has 10 heteroatoms. The van der Waals surface area contributed by atoms with Gasteiger partial charge in [0.15, 0.2) is 0 Å². The SMILES string of the molecule is CCC(CC)Oc1ccc(Oc2ccc(CC(=O)Nc3cc(C(F)(F)F)ccc3C(=O)O)cn2)cc1. The Morgan fingerprint density at radius 2 is 1.67 bits per heavy atom. The van der Waals surface area contributed by atoms with E-state index in [-0.39, 0.29) is 18.4 Å². The van der Waals surface area contributed by atoms with Crippen LogP contribution in [0.25, 0.3) is 0 Å². The van der Waals surface area contributed by atoms with E-state index in [9.17, 15) is 27.9 Å². The summed E-state index contributed by atoms with van der Waals surface area (Å²) in [5, 5.41) is 11.5. The fraction of sp³-hybridized carbons (Fsp3) is 0.269. The number of halogens is 3. The van der Waals surface area contributed by atoms with Crippen molar-refractivity contribution in [2.45, 2.75) is 45.4 Å². The summed E-state index contributed by atoms with van der Waals surface area (Å²) in [7, 11) is 0. The number of pyridine rings is 1. The van der Waals surface area contributed by atoms with Gasteiger partial charge < -0.3 is 19.9 Å². The van der Waals surface area contributed by atoms with Crippen molar-refractivity contribution in [3.05, 3.63) is 77.5 Å².